The first-order chi connectivity index (χ1) is 13.7. The third-order valence-corrected chi connectivity index (χ3v) is 4.95. The first kappa shape index (κ1) is 18.2. The summed E-state index contributed by atoms with van der Waals surface area (Å²) in [5.41, 5.74) is 1.50. The predicted molar refractivity (Wildman–Crippen MR) is 102 cm³/mol. The van der Waals surface area contributed by atoms with Crippen molar-refractivity contribution in [2.75, 3.05) is 20.2 Å². The number of hydrogen-bond acceptors (Lipinski definition) is 6. The molecule has 0 spiro atoms. The van der Waals surface area contributed by atoms with Crippen molar-refractivity contribution in [3.05, 3.63) is 72.0 Å². The Balaban J connectivity index is 1.42. The van der Waals surface area contributed by atoms with E-state index in [-0.39, 0.29) is 11.8 Å². The van der Waals surface area contributed by atoms with Gasteiger partial charge >= 0.3 is 0 Å². The lowest BCUT2D eigenvalue weighted by atomic mass is 9.98. The van der Waals surface area contributed by atoms with E-state index in [1.165, 1.54) is 12.4 Å². The van der Waals surface area contributed by atoms with Gasteiger partial charge in [-0.2, -0.15) is 0 Å². The molecule has 0 radical (unpaired) electrons. The zero-order valence-electron chi connectivity index (χ0n) is 15.7. The highest BCUT2D eigenvalue weighted by Crippen LogP contribution is 2.28. The van der Waals surface area contributed by atoms with Crippen LogP contribution in [0.15, 0.2) is 53.5 Å². The lowest BCUT2D eigenvalue weighted by Gasteiger charge is -2.30. The standard InChI is InChI=1S/C21H22N4O3/c1-27-17-6-4-15(5-7-17)11-18-12-24-20(28-18)16-3-2-10-25(14-16)21(26)19-13-22-8-9-23-19/h4-9,12-13,16H,2-3,10-11,14H2,1H3. The first-order valence-corrected chi connectivity index (χ1v) is 9.36. The number of ether oxygens (including phenoxy) is 1. The van der Waals surface area contributed by atoms with Crippen molar-refractivity contribution in [1.29, 1.82) is 0 Å². The van der Waals surface area contributed by atoms with Crippen LogP contribution in [-0.2, 0) is 6.42 Å². The van der Waals surface area contributed by atoms with Crippen LogP contribution in [0.3, 0.4) is 0 Å². The number of hydrogen-bond donors (Lipinski definition) is 0. The zero-order valence-corrected chi connectivity index (χ0v) is 15.7. The zero-order chi connectivity index (χ0) is 19.3. The van der Waals surface area contributed by atoms with E-state index in [0.717, 1.165) is 29.9 Å². The fourth-order valence-electron chi connectivity index (χ4n) is 3.47. The molecule has 1 fully saturated rings. The van der Waals surface area contributed by atoms with Crippen molar-refractivity contribution >= 4 is 5.91 Å². The second-order valence-electron chi connectivity index (χ2n) is 6.87. The predicted octanol–water partition coefficient (Wildman–Crippen LogP) is 3.08. The lowest BCUT2D eigenvalue weighted by Crippen LogP contribution is -2.39. The number of likely N-dealkylation sites (tertiary alicyclic amines) is 1. The molecule has 1 saturated heterocycles. The minimum atomic E-state index is -0.0946. The summed E-state index contributed by atoms with van der Waals surface area (Å²) >= 11 is 0. The summed E-state index contributed by atoms with van der Waals surface area (Å²) in [4.78, 5) is 27.0. The Morgan fingerprint density at radius 2 is 2.07 bits per heavy atom. The highest BCUT2D eigenvalue weighted by Gasteiger charge is 2.29. The van der Waals surface area contributed by atoms with Crippen molar-refractivity contribution in [2.24, 2.45) is 0 Å². The van der Waals surface area contributed by atoms with Gasteiger partial charge in [0.05, 0.1) is 25.4 Å². The quantitative estimate of drug-likeness (QED) is 0.679. The number of nitrogens with zero attached hydrogens (tertiary/aromatic N) is 4. The second kappa shape index (κ2) is 8.21. The van der Waals surface area contributed by atoms with Gasteiger partial charge in [-0.1, -0.05) is 12.1 Å². The van der Waals surface area contributed by atoms with Gasteiger partial charge in [0.15, 0.2) is 5.89 Å². The average Bonchev–Trinajstić information content (AvgIpc) is 3.23. The van der Waals surface area contributed by atoms with Gasteiger partial charge in [-0.05, 0) is 30.5 Å². The molecular weight excluding hydrogens is 356 g/mol. The highest BCUT2D eigenvalue weighted by atomic mass is 16.5. The molecule has 0 aliphatic carbocycles. The second-order valence-corrected chi connectivity index (χ2v) is 6.87. The summed E-state index contributed by atoms with van der Waals surface area (Å²) < 4.78 is 11.2. The Bertz CT molecular complexity index is 924. The third-order valence-electron chi connectivity index (χ3n) is 4.95. The molecule has 4 rings (SSSR count). The van der Waals surface area contributed by atoms with Crippen LogP contribution in [0.5, 0.6) is 5.75 Å². The van der Waals surface area contributed by atoms with E-state index in [2.05, 4.69) is 15.0 Å². The van der Waals surface area contributed by atoms with Gasteiger partial charge in [0.1, 0.15) is 17.2 Å². The van der Waals surface area contributed by atoms with Gasteiger partial charge < -0.3 is 14.1 Å². The van der Waals surface area contributed by atoms with E-state index in [0.29, 0.717) is 31.1 Å². The molecule has 2 aromatic heterocycles. The number of rotatable bonds is 5. The van der Waals surface area contributed by atoms with Crippen LogP contribution in [0.2, 0.25) is 0 Å². The fourth-order valence-corrected chi connectivity index (χ4v) is 3.47. The number of piperidine rings is 1. The maximum Gasteiger partial charge on any atom is 0.274 e. The maximum atomic E-state index is 12.6. The van der Waals surface area contributed by atoms with E-state index < -0.39 is 0 Å². The molecule has 1 aliphatic heterocycles. The van der Waals surface area contributed by atoms with Crippen molar-refractivity contribution < 1.29 is 13.9 Å². The number of amides is 1. The first-order valence-electron chi connectivity index (χ1n) is 9.36. The average molecular weight is 378 g/mol. The van der Waals surface area contributed by atoms with E-state index in [1.54, 1.807) is 19.5 Å². The van der Waals surface area contributed by atoms with Gasteiger partial charge in [0, 0.05) is 31.9 Å². The summed E-state index contributed by atoms with van der Waals surface area (Å²) in [5.74, 6) is 2.34. The van der Waals surface area contributed by atoms with Crippen LogP contribution in [0.4, 0.5) is 0 Å². The molecule has 1 aromatic carbocycles. The molecule has 7 nitrogen and oxygen atoms in total. The Labute approximate surface area is 163 Å². The minimum Gasteiger partial charge on any atom is -0.497 e. The van der Waals surface area contributed by atoms with Gasteiger partial charge in [-0.15, -0.1) is 0 Å². The van der Waals surface area contributed by atoms with Gasteiger partial charge in [-0.25, -0.2) is 9.97 Å². The normalized spacial score (nSPS) is 16.8. The summed E-state index contributed by atoms with van der Waals surface area (Å²) in [5, 5.41) is 0. The summed E-state index contributed by atoms with van der Waals surface area (Å²) in [7, 11) is 1.65. The van der Waals surface area contributed by atoms with Crippen molar-refractivity contribution in [2.45, 2.75) is 25.2 Å². The Hall–Kier alpha value is -3.22. The van der Waals surface area contributed by atoms with Gasteiger partial charge in [-0.3, -0.25) is 9.78 Å². The minimum absolute atomic E-state index is 0.0946. The molecule has 1 unspecified atom stereocenters. The highest BCUT2D eigenvalue weighted by molar-refractivity contribution is 5.92. The number of aromatic nitrogens is 3. The summed E-state index contributed by atoms with van der Waals surface area (Å²) in [6, 6.07) is 7.90. The maximum absolute atomic E-state index is 12.6. The Morgan fingerprint density at radius 3 is 2.82 bits per heavy atom. The van der Waals surface area contributed by atoms with Crippen LogP contribution in [0.25, 0.3) is 0 Å². The number of carbonyl (C=O) groups is 1. The van der Waals surface area contributed by atoms with E-state index in [4.69, 9.17) is 9.15 Å². The molecule has 28 heavy (non-hydrogen) atoms. The van der Waals surface area contributed by atoms with Crippen LogP contribution in [0, 0.1) is 0 Å². The van der Waals surface area contributed by atoms with E-state index >= 15 is 0 Å². The number of methoxy groups -OCH3 is 1. The van der Waals surface area contributed by atoms with Crippen molar-refractivity contribution in [1.82, 2.24) is 19.9 Å². The molecule has 0 bridgehead atoms. The summed E-state index contributed by atoms with van der Waals surface area (Å²) in [6.45, 7) is 1.29. The smallest absolute Gasteiger partial charge is 0.274 e. The van der Waals surface area contributed by atoms with Gasteiger partial charge in [0.2, 0.25) is 0 Å². The van der Waals surface area contributed by atoms with Crippen LogP contribution < -0.4 is 4.74 Å². The number of benzene rings is 1. The third kappa shape index (κ3) is 4.03. The monoisotopic (exact) mass is 378 g/mol. The Morgan fingerprint density at radius 1 is 1.21 bits per heavy atom. The summed E-state index contributed by atoms with van der Waals surface area (Å²) in [6.07, 6.45) is 8.92. The molecule has 3 aromatic rings. The van der Waals surface area contributed by atoms with Gasteiger partial charge in [0.25, 0.3) is 5.91 Å². The van der Waals surface area contributed by atoms with Crippen LogP contribution in [0.1, 0.15) is 46.5 Å². The molecule has 1 amide bonds. The van der Waals surface area contributed by atoms with Crippen molar-refractivity contribution in [3.63, 3.8) is 0 Å². The van der Waals surface area contributed by atoms with Crippen LogP contribution in [-0.4, -0.2) is 46.0 Å². The molecule has 1 atom stereocenters. The lowest BCUT2D eigenvalue weighted by molar-refractivity contribution is 0.0691. The molecular formula is C21H22N4O3. The molecule has 7 heteroatoms. The molecule has 3 heterocycles. The number of carbonyl (C=O) groups excluding carboxylic acids is 1. The topological polar surface area (TPSA) is 81.4 Å². The number of oxazole rings is 1. The van der Waals surface area contributed by atoms with Crippen molar-refractivity contribution in [3.8, 4) is 5.75 Å². The largest absolute Gasteiger partial charge is 0.497 e. The van der Waals surface area contributed by atoms with E-state index in [1.807, 2.05) is 29.2 Å². The van der Waals surface area contributed by atoms with E-state index in [9.17, 15) is 4.79 Å². The molecule has 144 valence electrons. The molecule has 1 aliphatic rings. The van der Waals surface area contributed by atoms with Crippen LogP contribution >= 0.6 is 0 Å². The molecule has 0 saturated carbocycles. The Kier molecular flexibility index (Phi) is 5.32. The fraction of sp³-hybridized carbons (Fsp3) is 0.333. The molecule has 0 N–H and O–H groups in total. The SMILES string of the molecule is COc1ccc(Cc2cnc(C3CCCN(C(=O)c4cnccn4)C3)o2)cc1.